The molecular weight excluding hydrogens is 340 g/mol. The molecule has 2 amide bonds. The summed E-state index contributed by atoms with van der Waals surface area (Å²) >= 11 is 0. The van der Waals surface area contributed by atoms with Crippen LogP contribution in [0.4, 0.5) is 11.4 Å². The number of carbonyl (C=O) groups excluding carboxylic acids is 2. The van der Waals surface area contributed by atoms with E-state index in [1.165, 1.54) is 0 Å². The van der Waals surface area contributed by atoms with E-state index in [4.69, 9.17) is 0 Å². The molecule has 0 unspecified atom stereocenters. The third-order valence-electron chi connectivity index (χ3n) is 3.65. The maximum atomic E-state index is 11.9. The summed E-state index contributed by atoms with van der Waals surface area (Å²) < 4.78 is 0. The number of anilines is 1. The topological polar surface area (TPSA) is 134 Å². The molecule has 2 aromatic rings. The number of rotatable bonds is 4. The van der Waals surface area contributed by atoms with Gasteiger partial charge in [-0.25, -0.2) is 5.43 Å². The number of hydrogen-bond donors (Lipinski definition) is 3. The molecule has 0 spiro atoms. The standard InChI is InChI=1S/C17H16N4O5/c1-10-4-3-5-14(11(10)2)19-16(23)17(24)20-18-9-12-8-13(21(25)26)6-7-15(12)22/h3-9,22H,1-2H3,(H,19,23)(H,20,24)/b18-9-. The fourth-order valence-electron chi connectivity index (χ4n) is 2.04. The van der Waals surface area contributed by atoms with Crippen LogP contribution in [0.2, 0.25) is 0 Å². The minimum Gasteiger partial charge on any atom is -0.507 e. The Morgan fingerprint density at radius 1 is 1.19 bits per heavy atom. The molecule has 3 N–H and O–H groups in total. The first-order valence-electron chi connectivity index (χ1n) is 7.47. The van der Waals surface area contributed by atoms with Gasteiger partial charge < -0.3 is 10.4 Å². The minimum absolute atomic E-state index is 0.0226. The monoisotopic (exact) mass is 356 g/mol. The number of phenolic OH excluding ortho intramolecular Hbond substituents is 1. The van der Waals surface area contributed by atoms with Gasteiger partial charge in [-0.2, -0.15) is 5.10 Å². The lowest BCUT2D eigenvalue weighted by atomic mass is 10.1. The Morgan fingerprint density at radius 2 is 1.92 bits per heavy atom. The van der Waals surface area contributed by atoms with Crippen LogP contribution in [0.25, 0.3) is 0 Å². The Hall–Kier alpha value is -3.75. The smallest absolute Gasteiger partial charge is 0.329 e. The number of aromatic hydroxyl groups is 1. The van der Waals surface area contributed by atoms with Crippen molar-refractivity contribution in [2.45, 2.75) is 13.8 Å². The average molecular weight is 356 g/mol. The molecule has 0 aromatic heterocycles. The normalized spacial score (nSPS) is 10.5. The highest BCUT2D eigenvalue weighted by molar-refractivity contribution is 6.39. The molecule has 134 valence electrons. The molecule has 2 aromatic carbocycles. The van der Waals surface area contributed by atoms with Crippen LogP contribution in [0.5, 0.6) is 5.75 Å². The van der Waals surface area contributed by atoms with E-state index in [0.29, 0.717) is 5.69 Å². The molecule has 0 aliphatic heterocycles. The van der Waals surface area contributed by atoms with Crippen LogP contribution in [0, 0.1) is 24.0 Å². The van der Waals surface area contributed by atoms with Gasteiger partial charge in [0.25, 0.3) is 5.69 Å². The number of hydrazone groups is 1. The summed E-state index contributed by atoms with van der Waals surface area (Å²) in [5, 5.41) is 26.4. The first kappa shape index (κ1) is 18.6. The Kier molecular flexibility index (Phi) is 5.63. The number of nitrogens with one attached hydrogen (secondary N) is 2. The summed E-state index contributed by atoms with van der Waals surface area (Å²) in [6, 6.07) is 8.64. The van der Waals surface area contributed by atoms with E-state index in [-0.39, 0.29) is 17.0 Å². The zero-order valence-electron chi connectivity index (χ0n) is 14.0. The van der Waals surface area contributed by atoms with Crippen molar-refractivity contribution in [3.63, 3.8) is 0 Å². The third kappa shape index (κ3) is 4.41. The van der Waals surface area contributed by atoms with Gasteiger partial charge in [0.1, 0.15) is 5.75 Å². The van der Waals surface area contributed by atoms with Crippen LogP contribution in [0.1, 0.15) is 16.7 Å². The second-order valence-electron chi connectivity index (χ2n) is 5.40. The Labute approximate surface area is 148 Å². The quantitative estimate of drug-likeness (QED) is 0.333. The first-order chi connectivity index (χ1) is 12.3. The van der Waals surface area contributed by atoms with Gasteiger partial charge in [0, 0.05) is 23.4 Å². The second-order valence-corrected chi connectivity index (χ2v) is 5.40. The molecule has 0 bridgehead atoms. The van der Waals surface area contributed by atoms with Crippen LogP contribution in [-0.2, 0) is 9.59 Å². The fourth-order valence-corrected chi connectivity index (χ4v) is 2.04. The zero-order chi connectivity index (χ0) is 19.3. The van der Waals surface area contributed by atoms with Gasteiger partial charge in [0.15, 0.2) is 0 Å². The van der Waals surface area contributed by atoms with Crippen molar-refractivity contribution < 1.29 is 19.6 Å². The lowest BCUT2D eigenvalue weighted by molar-refractivity contribution is -0.384. The van der Waals surface area contributed by atoms with Crippen LogP contribution in [0.15, 0.2) is 41.5 Å². The summed E-state index contributed by atoms with van der Waals surface area (Å²) in [5.74, 6) is -2.19. The highest BCUT2D eigenvalue weighted by atomic mass is 16.6. The number of nitrogens with zero attached hydrogens (tertiary/aromatic N) is 2. The number of hydrogen-bond acceptors (Lipinski definition) is 6. The summed E-state index contributed by atoms with van der Waals surface area (Å²) in [6.45, 7) is 3.69. The second kappa shape index (κ2) is 7.88. The SMILES string of the molecule is Cc1cccc(NC(=O)C(=O)N/N=C\c2cc([N+](=O)[O-])ccc2O)c1C. The van der Waals surface area contributed by atoms with Crippen LogP contribution >= 0.6 is 0 Å². The van der Waals surface area contributed by atoms with E-state index in [9.17, 15) is 24.8 Å². The molecule has 0 fully saturated rings. The number of aryl methyl sites for hydroxylation is 1. The molecule has 0 saturated heterocycles. The van der Waals surface area contributed by atoms with Gasteiger partial charge in [-0.05, 0) is 37.1 Å². The van der Waals surface area contributed by atoms with Gasteiger partial charge in [0.05, 0.1) is 11.1 Å². The van der Waals surface area contributed by atoms with Crippen molar-refractivity contribution in [1.82, 2.24) is 5.43 Å². The Bertz CT molecular complexity index is 908. The molecule has 0 aliphatic rings. The highest BCUT2D eigenvalue weighted by Crippen LogP contribution is 2.21. The van der Waals surface area contributed by atoms with Gasteiger partial charge in [0.2, 0.25) is 0 Å². The van der Waals surface area contributed by atoms with Crippen molar-refractivity contribution >= 4 is 29.4 Å². The summed E-state index contributed by atoms with van der Waals surface area (Å²) in [5.41, 5.74) is 4.07. The highest BCUT2D eigenvalue weighted by Gasteiger charge is 2.14. The number of non-ortho nitro benzene ring substituents is 1. The third-order valence-corrected chi connectivity index (χ3v) is 3.65. The summed E-state index contributed by atoms with van der Waals surface area (Å²) in [6.07, 6.45) is 1.01. The molecule has 0 heterocycles. The number of carbonyl (C=O) groups is 2. The van der Waals surface area contributed by atoms with Gasteiger partial charge in [-0.3, -0.25) is 19.7 Å². The maximum absolute atomic E-state index is 11.9. The molecule has 0 saturated carbocycles. The first-order valence-corrected chi connectivity index (χ1v) is 7.47. The van der Waals surface area contributed by atoms with Gasteiger partial charge >= 0.3 is 11.8 Å². The van der Waals surface area contributed by atoms with Crippen molar-refractivity contribution in [2.75, 3.05) is 5.32 Å². The molecule has 9 nitrogen and oxygen atoms in total. The Balaban J connectivity index is 2.03. The van der Waals surface area contributed by atoms with E-state index in [0.717, 1.165) is 35.5 Å². The summed E-state index contributed by atoms with van der Waals surface area (Å²) in [4.78, 5) is 33.8. The lowest BCUT2D eigenvalue weighted by Crippen LogP contribution is -2.32. The molecule has 0 radical (unpaired) electrons. The average Bonchev–Trinajstić information content (AvgIpc) is 2.60. The molecule has 2 rings (SSSR count). The van der Waals surface area contributed by atoms with Crippen molar-refractivity contribution in [1.29, 1.82) is 0 Å². The number of amides is 2. The van der Waals surface area contributed by atoms with Crippen molar-refractivity contribution in [3.8, 4) is 5.75 Å². The van der Waals surface area contributed by atoms with Crippen LogP contribution < -0.4 is 10.7 Å². The predicted octanol–water partition coefficient (Wildman–Crippen LogP) is 2.01. The molecule has 0 atom stereocenters. The van der Waals surface area contributed by atoms with Crippen molar-refractivity contribution in [3.05, 3.63) is 63.2 Å². The fraction of sp³-hybridized carbons (Fsp3) is 0.118. The van der Waals surface area contributed by atoms with E-state index < -0.39 is 16.7 Å². The minimum atomic E-state index is -1.02. The van der Waals surface area contributed by atoms with Gasteiger partial charge in [-0.1, -0.05) is 12.1 Å². The lowest BCUT2D eigenvalue weighted by Gasteiger charge is -2.09. The van der Waals surface area contributed by atoms with E-state index in [2.05, 4.69) is 10.4 Å². The number of nitro groups is 1. The predicted molar refractivity (Wildman–Crippen MR) is 95.0 cm³/mol. The number of benzene rings is 2. The van der Waals surface area contributed by atoms with Crippen LogP contribution in [0.3, 0.4) is 0 Å². The largest absolute Gasteiger partial charge is 0.507 e. The van der Waals surface area contributed by atoms with Crippen LogP contribution in [-0.4, -0.2) is 28.1 Å². The maximum Gasteiger partial charge on any atom is 0.329 e. The molecule has 0 aliphatic carbocycles. The number of phenols is 1. The zero-order valence-corrected chi connectivity index (χ0v) is 14.0. The Morgan fingerprint density at radius 3 is 2.62 bits per heavy atom. The van der Waals surface area contributed by atoms with Gasteiger partial charge in [-0.15, -0.1) is 0 Å². The number of nitro benzene ring substituents is 1. The molecule has 9 heteroatoms. The van der Waals surface area contributed by atoms with E-state index >= 15 is 0 Å². The van der Waals surface area contributed by atoms with E-state index in [1.807, 2.05) is 25.3 Å². The van der Waals surface area contributed by atoms with Crippen molar-refractivity contribution in [2.24, 2.45) is 5.10 Å². The summed E-state index contributed by atoms with van der Waals surface area (Å²) in [7, 11) is 0. The molecular formula is C17H16N4O5. The molecule has 26 heavy (non-hydrogen) atoms. The van der Waals surface area contributed by atoms with E-state index in [1.54, 1.807) is 12.1 Å².